The maximum Gasteiger partial charge on any atom is 0.248 e. The molecule has 0 aliphatic carbocycles. The molecule has 1 unspecified atom stereocenters. The third-order valence-electron chi connectivity index (χ3n) is 3.85. The van der Waals surface area contributed by atoms with Crippen molar-refractivity contribution in [1.29, 1.82) is 0 Å². The molecule has 0 radical (unpaired) electrons. The van der Waals surface area contributed by atoms with Crippen molar-refractivity contribution in [2.75, 3.05) is 0 Å². The van der Waals surface area contributed by atoms with E-state index in [0.29, 0.717) is 12.1 Å². The summed E-state index contributed by atoms with van der Waals surface area (Å²) < 4.78 is 0. The highest BCUT2D eigenvalue weighted by molar-refractivity contribution is 5.92. The van der Waals surface area contributed by atoms with Crippen LogP contribution in [-0.2, 0) is 6.54 Å². The first kappa shape index (κ1) is 15.3. The van der Waals surface area contributed by atoms with E-state index < -0.39 is 0 Å². The summed E-state index contributed by atoms with van der Waals surface area (Å²) in [5.41, 5.74) is 10.8. The predicted molar refractivity (Wildman–Crippen MR) is 86.1 cm³/mol. The number of aryl methyl sites for hydroxylation is 2. The van der Waals surface area contributed by atoms with Crippen molar-refractivity contribution in [1.82, 2.24) is 5.32 Å². The van der Waals surface area contributed by atoms with Crippen LogP contribution >= 0.6 is 0 Å². The summed E-state index contributed by atoms with van der Waals surface area (Å²) in [5, 5.41) is 3.48. The van der Waals surface area contributed by atoms with Gasteiger partial charge in [0.05, 0.1) is 0 Å². The van der Waals surface area contributed by atoms with Gasteiger partial charge in [0.2, 0.25) is 5.91 Å². The Morgan fingerprint density at radius 3 is 2.57 bits per heavy atom. The standard InChI is InChI=1S/C18H22N2O/c1-12-7-8-16(9-13(12)2)14(3)20-11-15-5-4-6-17(10-15)18(19)21/h4-10,14,20H,11H2,1-3H3,(H2,19,21). The molecular formula is C18H22N2O. The van der Waals surface area contributed by atoms with Gasteiger partial charge >= 0.3 is 0 Å². The number of rotatable bonds is 5. The fraction of sp³-hybridized carbons (Fsp3) is 0.278. The Morgan fingerprint density at radius 1 is 1.14 bits per heavy atom. The van der Waals surface area contributed by atoms with E-state index in [1.54, 1.807) is 6.07 Å². The molecule has 2 aromatic carbocycles. The van der Waals surface area contributed by atoms with E-state index in [1.165, 1.54) is 16.7 Å². The largest absolute Gasteiger partial charge is 0.366 e. The highest BCUT2D eigenvalue weighted by Gasteiger charge is 2.07. The lowest BCUT2D eigenvalue weighted by Crippen LogP contribution is -2.19. The summed E-state index contributed by atoms with van der Waals surface area (Å²) in [6.45, 7) is 7.09. The molecule has 3 heteroatoms. The van der Waals surface area contributed by atoms with Gasteiger partial charge in [-0.25, -0.2) is 0 Å². The van der Waals surface area contributed by atoms with Crippen molar-refractivity contribution in [2.45, 2.75) is 33.4 Å². The van der Waals surface area contributed by atoms with Crippen LogP contribution < -0.4 is 11.1 Å². The van der Waals surface area contributed by atoms with Crippen LogP contribution in [-0.4, -0.2) is 5.91 Å². The molecule has 110 valence electrons. The zero-order valence-corrected chi connectivity index (χ0v) is 12.8. The zero-order valence-electron chi connectivity index (χ0n) is 12.8. The van der Waals surface area contributed by atoms with Gasteiger partial charge in [0, 0.05) is 18.2 Å². The fourth-order valence-corrected chi connectivity index (χ4v) is 2.26. The van der Waals surface area contributed by atoms with Gasteiger partial charge in [-0.2, -0.15) is 0 Å². The maximum absolute atomic E-state index is 11.2. The molecule has 3 nitrogen and oxygen atoms in total. The SMILES string of the molecule is Cc1ccc(C(C)NCc2cccc(C(N)=O)c2)cc1C. The average Bonchev–Trinajstić information content (AvgIpc) is 2.48. The van der Waals surface area contributed by atoms with Crippen LogP contribution in [0.1, 0.15) is 45.6 Å². The topological polar surface area (TPSA) is 55.1 Å². The quantitative estimate of drug-likeness (QED) is 0.884. The average molecular weight is 282 g/mol. The first-order chi connectivity index (χ1) is 9.97. The van der Waals surface area contributed by atoms with Crippen molar-refractivity contribution >= 4 is 5.91 Å². The monoisotopic (exact) mass is 282 g/mol. The molecule has 2 rings (SSSR count). The number of nitrogens with one attached hydrogen (secondary N) is 1. The first-order valence-corrected chi connectivity index (χ1v) is 7.16. The molecule has 3 N–H and O–H groups in total. The third-order valence-corrected chi connectivity index (χ3v) is 3.85. The number of nitrogens with two attached hydrogens (primary N) is 1. The smallest absolute Gasteiger partial charge is 0.248 e. The van der Waals surface area contributed by atoms with Crippen molar-refractivity contribution < 1.29 is 4.79 Å². The molecule has 0 saturated carbocycles. The van der Waals surface area contributed by atoms with Crippen molar-refractivity contribution in [2.24, 2.45) is 5.73 Å². The molecular weight excluding hydrogens is 260 g/mol. The third kappa shape index (κ3) is 3.92. The Hall–Kier alpha value is -2.13. The van der Waals surface area contributed by atoms with Gasteiger partial charge in [-0.15, -0.1) is 0 Å². The van der Waals surface area contributed by atoms with Crippen LogP contribution in [0.15, 0.2) is 42.5 Å². The number of primary amides is 1. The Bertz CT molecular complexity index is 649. The van der Waals surface area contributed by atoms with Crippen LogP contribution in [0.4, 0.5) is 0 Å². The minimum atomic E-state index is -0.390. The van der Waals surface area contributed by atoms with E-state index in [9.17, 15) is 4.79 Å². The second-order valence-corrected chi connectivity index (χ2v) is 5.51. The second-order valence-electron chi connectivity index (χ2n) is 5.51. The van der Waals surface area contributed by atoms with Crippen LogP contribution in [0.2, 0.25) is 0 Å². The highest BCUT2D eigenvalue weighted by atomic mass is 16.1. The molecule has 1 atom stereocenters. The molecule has 0 spiro atoms. The summed E-state index contributed by atoms with van der Waals surface area (Å²) in [6.07, 6.45) is 0. The van der Waals surface area contributed by atoms with Crippen LogP contribution in [0.3, 0.4) is 0 Å². The summed E-state index contributed by atoms with van der Waals surface area (Å²) in [5.74, 6) is -0.390. The van der Waals surface area contributed by atoms with Gasteiger partial charge in [0.1, 0.15) is 0 Å². The summed E-state index contributed by atoms with van der Waals surface area (Å²) >= 11 is 0. The van der Waals surface area contributed by atoms with Crippen molar-refractivity contribution in [3.8, 4) is 0 Å². The first-order valence-electron chi connectivity index (χ1n) is 7.16. The van der Waals surface area contributed by atoms with Gasteiger partial charge in [-0.05, 0) is 55.2 Å². The number of carbonyl (C=O) groups excluding carboxylic acids is 1. The molecule has 0 bridgehead atoms. The number of hydrogen-bond acceptors (Lipinski definition) is 2. The summed E-state index contributed by atoms with van der Waals surface area (Å²) in [6, 6.07) is 14.2. The molecule has 0 aromatic heterocycles. The Kier molecular flexibility index (Phi) is 4.76. The van der Waals surface area contributed by atoms with Crippen LogP contribution in [0.25, 0.3) is 0 Å². The lowest BCUT2D eigenvalue weighted by atomic mass is 10.0. The number of amides is 1. The minimum absolute atomic E-state index is 0.251. The molecule has 0 saturated heterocycles. The minimum Gasteiger partial charge on any atom is -0.366 e. The maximum atomic E-state index is 11.2. The number of benzene rings is 2. The molecule has 21 heavy (non-hydrogen) atoms. The highest BCUT2D eigenvalue weighted by Crippen LogP contribution is 2.17. The fourth-order valence-electron chi connectivity index (χ4n) is 2.26. The van der Waals surface area contributed by atoms with Crippen LogP contribution in [0.5, 0.6) is 0 Å². The van der Waals surface area contributed by atoms with Crippen LogP contribution in [0, 0.1) is 13.8 Å². The van der Waals surface area contributed by atoms with Gasteiger partial charge in [-0.3, -0.25) is 4.79 Å². The van der Waals surface area contributed by atoms with Crippen molar-refractivity contribution in [3.63, 3.8) is 0 Å². The number of hydrogen-bond donors (Lipinski definition) is 2. The van der Waals surface area contributed by atoms with E-state index >= 15 is 0 Å². The summed E-state index contributed by atoms with van der Waals surface area (Å²) in [4.78, 5) is 11.2. The van der Waals surface area contributed by atoms with Gasteiger partial charge < -0.3 is 11.1 Å². The Balaban J connectivity index is 2.03. The molecule has 0 heterocycles. The molecule has 1 amide bonds. The van der Waals surface area contributed by atoms with E-state index in [2.05, 4.69) is 44.3 Å². The van der Waals surface area contributed by atoms with Crippen molar-refractivity contribution in [3.05, 3.63) is 70.3 Å². The van der Waals surface area contributed by atoms with E-state index in [0.717, 1.165) is 5.56 Å². The second kappa shape index (κ2) is 6.55. The van der Waals surface area contributed by atoms with E-state index in [1.807, 2.05) is 18.2 Å². The summed E-state index contributed by atoms with van der Waals surface area (Å²) in [7, 11) is 0. The van der Waals surface area contributed by atoms with E-state index in [4.69, 9.17) is 5.73 Å². The lowest BCUT2D eigenvalue weighted by Gasteiger charge is -2.16. The zero-order chi connectivity index (χ0) is 15.4. The van der Waals surface area contributed by atoms with Gasteiger partial charge in [0.15, 0.2) is 0 Å². The Morgan fingerprint density at radius 2 is 1.90 bits per heavy atom. The molecule has 0 aliphatic heterocycles. The molecule has 0 fully saturated rings. The Labute approximate surface area is 126 Å². The lowest BCUT2D eigenvalue weighted by molar-refractivity contribution is 0.1000. The molecule has 0 aliphatic rings. The normalized spacial score (nSPS) is 12.1. The van der Waals surface area contributed by atoms with Gasteiger partial charge in [0.25, 0.3) is 0 Å². The van der Waals surface area contributed by atoms with Gasteiger partial charge in [-0.1, -0.05) is 30.3 Å². The predicted octanol–water partition coefficient (Wildman–Crippen LogP) is 3.25. The van der Waals surface area contributed by atoms with E-state index in [-0.39, 0.29) is 11.9 Å². The number of carbonyl (C=O) groups is 1. The molecule has 2 aromatic rings.